The Morgan fingerprint density at radius 1 is 1.26 bits per heavy atom. The molecule has 2 amide bonds. The first-order valence-corrected chi connectivity index (χ1v) is 7.25. The number of nitrogens with one attached hydrogen (secondary N) is 2. The van der Waals surface area contributed by atoms with Crippen LogP contribution in [0.5, 0.6) is 0 Å². The highest BCUT2D eigenvalue weighted by molar-refractivity contribution is 5.89. The summed E-state index contributed by atoms with van der Waals surface area (Å²) in [5.41, 5.74) is -0.344. The van der Waals surface area contributed by atoms with Crippen LogP contribution in [0.1, 0.15) is 40.5 Å². The summed E-state index contributed by atoms with van der Waals surface area (Å²) >= 11 is 0. The van der Waals surface area contributed by atoms with Gasteiger partial charge in [0.2, 0.25) is 11.8 Å². The smallest absolute Gasteiger partial charge is 0.244 e. The molecular weight excluding hydrogens is 242 g/mol. The highest BCUT2D eigenvalue weighted by atomic mass is 16.2. The molecular formula is C14H27N3O2. The van der Waals surface area contributed by atoms with Crippen molar-refractivity contribution in [2.75, 3.05) is 26.2 Å². The van der Waals surface area contributed by atoms with Gasteiger partial charge in [-0.05, 0) is 46.7 Å². The summed E-state index contributed by atoms with van der Waals surface area (Å²) < 4.78 is 0. The first-order valence-electron chi connectivity index (χ1n) is 7.25. The summed E-state index contributed by atoms with van der Waals surface area (Å²) in [5.74, 6) is -0.00195. The van der Waals surface area contributed by atoms with Crippen LogP contribution in [0.2, 0.25) is 0 Å². The van der Waals surface area contributed by atoms with Crippen LogP contribution in [0.3, 0.4) is 0 Å². The SMILES string of the molecule is CCN(CC)C(=O)C(C)NC(=O)C1(C)CCNCC1. The van der Waals surface area contributed by atoms with E-state index in [1.807, 2.05) is 20.8 Å². The Bertz CT molecular complexity index is 321. The Morgan fingerprint density at radius 2 is 1.79 bits per heavy atom. The lowest BCUT2D eigenvalue weighted by atomic mass is 9.80. The minimum absolute atomic E-state index is 0.00186. The van der Waals surface area contributed by atoms with Gasteiger partial charge in [0.25, 0.3) is 0 Å². The maximum absolute atomic E-state index is 12.3. The molecule has 1 saturated heterocycles. The van der Waals surface area contributed by atoms with Gasteiger partial charge in [-0.2, -0.15) is 0 Å². The summed E-state index contributed by atoms with van der Waals surface area (Å²) in [6.45, 7) is 10.7. The maximum Gasteiger partial charge on any atom is 0.244 e. The molecule has 1 fully saturated rings. The molecule has 0 aromatic rings. The third kappa shape index (κ3) is 3.93. The van der Waals surface area contributed by atoms with Crippen molar-refractivity contribution in [3.63, 3.8) is 0 Å². The first kappa shape index (κ1) is 16.0. The number of piperidine rings is 1. The number of carbonyl (C=O) groups is 2. The Kier molecular flexibility index (Phi) is 5.79. The van der Waals surface area contributed by atoms with Crippen LogP contribution in [0, 0.1) is 5.41 Å². The molecule has 1 aliphatic heterocycles. The number of rotatable bonds is 5. The topological polar surface area (TPSA) is 61.4 Å². The monoisotopic (exact) mass is 269 g/mol. The van der Waals surface area contributed by atoms with Crippen molar-refractivity contribution >= 4 is 11.8 Å². The Labute approximate surface area is 116 Å². The molecule has 1 heterocycles. The van der Waals surface area contributed by atoms with Gasteiger partial charge in [-0.15, -0.1) is 0 Å². The molecule has 1 atom stereocenters. The van der Waals surface area contributed by atoms with E-state index in [0.717, 1.165) is 25.9 Å². The molecule has 0 saturated carbocycles. The van der Waals surface area contributed by atoms with Gasteiger partial charge in [0.05, 0.1) is 0 Å². The van der Waals surface area contributed by atoms with Crippen LogP contribution in [0.15, 0.2) is 0 Å². The second-order valence-corrected chi connectivity index (χ2v) is 5.52. The molecule has 5 nitrogen and oxygen atoms in total. The molecule has 1 aliphatic rings. The maximum atomic E-state index is 12.3. The van der Waals surface area contributed by atoms with Crippen LogP contribution < -0.4 is 10.6 Å². The zero-order valence-electron chi connectivity index (χ0n) is 12.6. The van der Waals surface area contributed by atoms with Gasteiger partial charge in [-0.3, -0.25) is 9.59 Å². The van der Waals surface area contributed by atoms with Crippen molar-refractivity contribution in [3.05, 3.63) is 0 Å². The molecule has 0 aromatic carbocycles. The number of likely N-dealkylation sites (N-methyl/N-ethyl adjacent to an activating group) is 1. The van der Waals surface area contributed by atoms with Crippen molar-refractivity contribution in [1.29, 1.82) is 0 Å². The second-order valence-electron chi connectivity index (χ2n) is 5.52. The molecule has 1 rings (SSSR count). The molecule has 5 heteroatoms. The van der Waals surface area contributed by atoms with Gasteiger partial charge in [-0.1, -0.05) is 6.92 Å². The van der Waals surface area contributed by atoms with Crippen LogP contribution in [0.4, 0.5) is 0 Å². The predicted octanol–water partition coefficient (Wildman–Crippen LogP) is 0.749. The highest BCUT2D eigenvalue weighted by Gasteiger charge is 2.36. The van der Waals surface area contributed by atoms with E-state index in [9.17, 15) is 9.59 Å². The third-order valence-electron chi connectivity index (χ3n) is 4.05. The van der Waals surface area contributed by atoms with E-state index in [2.05, 4.69) is 10.6 Å². The lowest BCUT2D eigenvalue weighted by Crippen LogP contribution is -2.52. The lowest BCUT2D eigenvalue weighted by molar-refractivity contribution is -0.139. The van der Waals surface area contributed by atoms with Crippen LogP contribution in [-0.4, -0.2) is 48.9 Å². The van der Waals surface area contributed by atoms with E-state index in [4.69, 9.17) is 0 Å². The zero-order valence-corrected chi connectivity index (χ0v) is 12.6. The summed E-state index contributed by atoms with van der Waals surface area (Å²) in [6.07, 6.45) is 1.65. The predicted molar refractivity (Wildman–Crippen MR) is 75.7 cm³/mol. The second kappa shape index (κ2) is 6.89. The Hall–Kier alpha value is -1.10. The van der Waals surface area contributed by atoms with E-state index in [-0.39, 0.29) is 17.2 Å². The lowest BCUT2D eigenvalue weighted by Gasteiger charge is -2.34. The van der Waals surface area contributed by atoms with Gasteiger partial charge in [0, 0.05) is 18.5 Å². The molecule has 0 spiro atoms. The molecule has 0 aromatic heterocycles. The van der Waals surface area contributed by atoms with Crippen molar-refractivity contribution in [3.8, 4) is 0 Å². The fourth-order valence-electron chi connectivity index (χ4n) is 2.45. The minimum Gasteiger partial charge on any atom is -0.344 e. The third-order valence-corrected chi connectivity index (χ3v) is 4.05. The molecule has 19 heavy (non-hydrogen) atoms. The summed E-state index contributed by atoms with van der Waals surface area (Å²) in [5, 5.41) is 6.13. The minimum atomic E-state index is -0.445. The van der Waals surface area contributed by atoms with Gasteiger partial charge in [0.15, 0.2) is 0 Å². The molecule has 0 bridgehead atoms. The van der Waals surface area contributed by atoms with Crippen molar-refractivity contribution < 1.29 is 9.59 Å². The fraction of sp³-hybridized carbons (Fsp3) is 0.857. The van der Waals surface area contributed by atoms with Crippen molar-refractivity contribution in [1.82, 2.24) is 15.5 Å². The van der Waals surface area contributed by atoms with E-state index in [0.29, 0.717) is 13.1 Å². The molecule has 2 N–H and O–H groups in total. The summed E-state index contributed by atoms with van der Waals surface area (Å²) in [7, 11) is 0. The number of hydrogen-bond acceptors (Lipinski definition) is 3. The highest BCUT2D eigenvalue weighted by Crippen LogP contribution is 2.28. The largest absolute Gasteiger partial charge is 0.344 e. The number of nitrogens with zero attached hydrogens (tertiary/aromatic N) is 1. The first-order chi connectivity index (χ1) is 8.94. The van der Waals surface area contributed by atoms with E-state index in [1.54, 1.807) is 11.8 Å². The fourth-order valence-corrected chi connectivity index (χ4v) is 2.45. The quantitative estimate of drug-likeness (QED) is 0.774. The van der Waals surface area contributed by atoms with E-state index < -0.39 is 6.04 Å². The Morgan fingerprint density at radius 3 is 2.26 bits per heavy atom. The van der Waals surface area contributed by atoms with Crippen LogP contribution in [-0.2, 0) is 9.59 Å². The number of amides is 2. The van der Waals surface area contributed by atoms with E-state index >= 15 is 0 Å². The number of hydrogen-bond donors (Lipinski definition) is 2. The standard InChI is InChI=1S/C14H27N3O2/c1-5-17(6-2)12(18)11(3)16-13(19)14(4)7-9-15-10-8-14/h11,15H,5-10H2,1-4H3,(H,16,19). The molecule has 0 aliphatic carbocycles. The van der Waals surface area contributed by atoms with Gasteiger partial charge in [-0.25, -0.2) is 0 Å². The molecule has 110 valence electrons. The van der Waals surface area contributed by atoms with Gasteiger partial charge in [0.1, 0.15) is 6.04 Å². The van der Waals surface area contributed by atoms with Gasteiger partial charge >= 0.3 is 0 Å². The summed E-state index contributed by atoms with van der Waals surface area (Å²) in [6, 6.07) is -0.445. The van der Waals surface area contributed by atoms with Crippen LogP contribution >= 0.6 is 0 Å². The normalized spacial score (nSPS) is 19.6. The Balaban J connectivity index is 2.58. The van der Waals surface area contributed by atoms with Crippen LogP contribution in [0.25, 0.3) is 0 Å². The average Bonchev–Trinajstić information content (AvgIpc) is 2.40. The molecule has 0 radical (unpaired) electrons. The van der Waals surface area contributed by atoms with Crippen molar-refractivity contribution in [2.24, 2.45) is 5.41 Å². The number of carbonyl (C=O) groups excluding carboxylic acids is 2. The van der Waals surface area contributed by atoms with Crippen molar-refractivity contribution in [2.45, 2.75) is 46.6 Å². The molecule has 1 unspecified atom stereocenters. The average molecular weight is 269 g/mol. The van der Waals surface area contributed by atoms with Gasteiger partial charge < -0.3 is 15.5 Å². The zero-order chi connectivity index (χ0) is 14.5. The summed E-state index contributed by atoms with van der Waals surface area (Å²) in [4.78, 5) is 26.2. The van der Waals surface area contributed by atoms with E-state index in [1.165, 1.54) is 0 Å².